The molecule has 1 spiro atoms. The monoisotopic (exact) mass is 198 g/mol. The molecule has 1 heterocycles. The Hall–Kier alpha value is -1.59. The van der Waals surface area contributed by atoms with Gasteiger partial charge in [-0.15, -0.1) is 0 Å². The first-order valence-electron chi connectivity index (χ1n) is 4.43. The summed E-state index contributed by atoms with van der Waals surface area (Å²) in [5.74, 6) is -2.33. The summed E-state index contributed by atoms with van der Waals surface area (Å²) in [6.45, 7) is 0. The van der Waals surface area contributed by atoms with Crippen molar-refractivity contribution in [2.45, 2.75) is 24.8 Å². The fraction of sp³-hybridized carbons (Fsp3) is 0.625. The van der Waals surface area contributed by atoms with E-state index in [-0.39, 0.29) is 0 Å². The molecular weight excluding hydrogens is 188 g/mol. The maximum absolute atomic E-state index is 11.5. The molecule has 1 aliphatic heterocycles. The lowest BCUT2D eigenvalue weighted by molar-refractivity contribution is -0.146. The molecule has 0 radical (unpaired) electrons. The highest BCUT2D eigenvalue weighted by atomic mass is 16.4. The number of aliphatic carboxylic acids is 1. The van der Waals surface area contributed by atoms with Crippen LogP contribution >= 0.6 is 0 Å². The minimum Gasteiger partial charge on any atom is -0.481 e. The van der Waals surface area contributed by atoms with Crippen LogP contribution in [-0.4, -0.2) is 28.6 Å². The second kappa shape index (κ2) is 2.70. The maximum Gasteiger partial charge on any atom is 0.322 e. The normalized spacial score (nSPS) is 35.9. The number of carboxylic acid groups (broad SMARTS) is 1. The number of carbonyl (C=O) groups is 3. The van der Waals surface area contributed by atoms with Gasteiger partial charge in [0.2, 0.25) is 0 Å². The first kappa shape index (κ1) is 8.98. The van der Waals surface area contributed by atoms with Gasteiger partial charge in [-0.1, -0.05) is 0 Å². The topological polar surface area (TPSA) is 95.5 Å². The Morgan fingerprint density at radius 2 is 2.21 bits per heavy atom. The van der Waals surface area contributed by atoms with E-state index in [9.17, 15) is 14.4 Å². The Morgan fingerprint density at radius 3 is 2.71 bits per heavy atom. The quantitative estimate of drug-likeness (QED) is 0.492. The predicted molar refractivity (Wildman–Crippen MR) is 44.4 cm³/mol. The van der Waals surface area contributed by atoms with E-state index in [0.29, 0.717) is 19.3 Å². The van der Waals surface area contributed by atoms with Crippen molar-refractivity contribution in [1.29, 1.82) is 0 Å². The molecule has 6 heteroatoms. The van der Waals surface area contributed by atoms with Gasteiger partial charge >= 0.3 is 12.0 Å². The highest BCUT2D eigenvalue weighted by Crippen LogP contribution is 2.37. The van der Waals surface area contributed by atoms with E-state index in [4.69, 9.17) is 5.11 Å². The summed E-state index contributed by atoms with van der Waals surface area (Å²) in [6, 6.07) is -0.594. The third-order valence-electron chi connectivity index (χ3n) is 2.93. The molecule has 14 heavy (non-hydrogen) atoms. The van der Waals surface area contributed by atoms with Crippen LogP contribution in [0.4, 0.5) is 4.79 Å². The first-order valence-corrected chi connectivity index (χ1v) is 4.43. The van der Waals surface area contributed by atoms with Crippen molar-refractivity contribution in [3.8, 4) is 0 Å². The number of imide groups is 1. The lowest BCUT2D eigenvalue weighted by atomic mass is 9.87. The van der Waals surface area contributed by atoms with Gasteiger partial charge in [0.05, 0.1) is 5.92 Å². The van der Waals surface area contributed by atoms with Crippen LogP contribution in [0.2, 0.25) is 0 Å². The van der Waals surface area contributed by atoms with E-state index < -0.39 is 29.4 Å². The molecule has 6 nitrogen and oxygen atoms in total. The SMILES string of the molecule is O=C1NC(=O)[C@]2(CCC[C@H]2C(=O)O)N1. The Balaban J connectivity index is 2.34. The van der Waals surface area contributed by atoms with Gasteiger partial charge in [-0.25, -0.2) is 4.79 Å². The van der Waals surface area contributed by atoms with Gasteiger partial charge in [-0.05, 0) is 19.3 Å². The molecule has 2 aliphatic rings. The highest BCUT2D eigenvalue weighted by molar-refractivity contribution is 6.09. The number of nitrogens with one attached hydrogen (secondary N) is 2. The van der Waals surface area contributed by atoms with Crippen LogP contribution in [-0.2, 0) is 9.59 Å². The molecule has 0 unspecified atom stereocenters. The van der Waals surface area contributed by atoms with E-state index in [1.807, 2.05) is 0 Å². The highest BCUT2D eigenvalue weighted by Gasteiger charge is 2.57. The number of hydrogen-bond donors (Lipinski definition) is 3. The number of rotatable bonds is 1. The number of urea groups is 1. The number of carbonyl (C=O) groups excluding carboxylic acids is 2. The van der Waals surface area contributed by atoms with Crippen molar-refractivity contribution in [3.63, 3.8) is 0 Å². The van der Waals surface area contributed by atoms with Crippen LogP contribution < -0.4 is 10.6 Å². The first-order chi connectivity index (χ1) is 6.56. The van der Waals surface area contributed by atoms with Crippen LogP contribution in [0.5, 0.6) is 0 Å². The number of carboxylic acids is 1. The second-order valence-electron chi connectivity index (χ2n) is 3.66. The van der Waals surface area contributed by atoms with E-state index in [1.54, 1.807) is 0 Å². The summed E-state index contributed by atoms with van der Waals surface area (Å²) in [5, 5.41) is 13.4. The summed E-state index contributed by atoms with van der Waals surface area (Å²) in [4.78, 5) is 33.3. The molecule has 0 bridgehead atoms. The molecular formula is C8H10N2O4. The van der Waals surface area contributed by atoms with Gasteiger partial charge < -0.3 is 10.4 Å². The van der Waals surface area contributed by atoms with Crippen LogP contribution in [0.1, 0.15) is 19.3 Å². The Kier molecular flexibility index (Phi) is 1.73. The van der Waals surface area contributed by atoms with Gasteiger partial charge in [0.15, 0.2) is 0 Å². The van der Waals surface area contributed by atoms with E-state index in [2.05, 4.69) is 10.6 Å². The standard InChI is InChI=1S/C8H10N2O4/c11-5(12)4-2-1-3-8(4)6(13)9-7(14)10-8/h4H,1-3H2,(H,11,12)(H2,9,10,13,14)/t4-,8+/m0/s1. The average Bonchev–Trinajstić information content (AvgIpc) is 2.59. The van der Waals surface area contributed by atoms with Crippen LogP contribution in [0.3, 0.4) is 0 Å². The van der Waals surface area contributed by atoms with Crippen LogP contribution in [0.15, 0.2) is 0 Å². The van der Waals surface area contributed by atoms with Crippen LogP contribution in [0, 0.1) is 5.92 Å². The minimum atomic E-state index is -1.19. The summed E-state index contributed by atoms with van der Waals surface area (Å²) in [6.07, 6.45) is 1.48. The molecule has 1 aliphatic carbocycles. The third-order valence-corrected chi connectivity index (χ3v) is 2.93. The van der Waals surface area contributed by atoms with Crippen molar-refractivity contribution < 1.29 is 19.5 Å². The molecule has 76 valence electrons. The summed E-state index contributed by atoms with van der Waals surface area (Å²) in [7, 11) is 0. The number of hydrogen-bond acceptors (Lipinski definition) is 3. The summed E-state index contributed by atoms with van der Waals surface area (Å²) in [5.41, 5.74) is -1.19. The molecule has 2 fully saturated rings. The van der Waals surface area contributed by atoms with Crippen molar-refractivity contribution in [2.75, 3.05) is 0 Å². The van der Waals surface area contributed by atoms with Gasteiger partial charge in [0.1, 0.15) is 5.54 Å². The molecule has 1 saturated heterocycles. The zero-order valence-corrected chi connectivity index (χ0v) is 7.37. The number of amides is 3. The Labute approximate surface area is 79.7 Å². The van der Waals surface area contributed by atoms with Gasteiger partial charge in [-0.2, -0.15) is 0 Å². The molecule has 0 aromatic rings. The summed E-state index contributed by atoms with van der Waals surface area (Å²) < 4.78 is 0. The van der Waals surface area contributed by atoms with Crippen molar-refractivity contribution in [2.24, 2.45) is 5.92 Å². The Morgan fingerprint density at radius 1 is 1.50 bits per heavy atom. The van der Waals surface area contributed by atoms with Crippen LogP contribution in [0.25, 0.3) is 0 Å². The zero-order chi connectivity index (χ0) is 10.3. The van der Waals surface area contributed by atoms with Crippen molar-refractivity contribution in [3.05, 3.63) is 0 Å². The fourth-order valence-electron chi connectivity index (χ4n) is 2.27. The van der Waals surface area contributed by atoms with E-state index in [1.165, 1.54) is 0 Å². The molecule has 0 aromatic carbocycles. The molecule has 1 saturated carbocycles. The lowest BCUT2D eigenvalue weighted by Crippen LogP contribution is -2.52. The van der Waals surface area contributed by atoms with Crippen molar-refractivity contribution >= 4 is 17.9 Å². The maximum atomic E-state index is 11.5. The molecule has 2 rings (SSSR count). The summed E-state index contributed by atoms with van der Waals surface area (Å²) >= 11 is 0. The largest absolute Gasteiger partial charge is 0.481 e. The van der Waals surface area contributed by atoms with Gasteiger partial charge in [0.25, 0.3) is 5.91 Å². The molecule has 2 atom stereocenters. The zero-order valence-electron chi connectivity index (χ0n) is 7.37. The fourth-order valence-corrected chi connectivity index (χ4v) is 2.27. The molecule has 3 N–H and O–H groups in total. The second-order valence-corrected chi connectivity index (χ2v) is 3.66. The average molecular weight is 198 g/mol. The van der Waals surface area contributed by atoms with E-state index in [0.717, 1.165) is 0 Å². The van der Waals surface area contributed by atoms with Gasteiger partial charge in [-0.3, -0.25) is 14.9 Å². The minimum absolute atomic E-state index is 0.404. The molecule has 0 aromatic heterocycles. The van der Waals surface area contributed by atoms with Crippen molar-refractivity contribution in [1.82, 2.24) is 10.6 Å². The smallest absolute Gasteiger partial charge is 0.322 e. The van der Waals surface area contributed by atoms with E-state index >= 15 is 0 Å². The molecule has 3 amide bonds. The predicted octanol–water partition coefficient (Wildman–Crippen LogP) is -0.551. The lowest BCUT2D eigenvalue weighted by Gasteiger charge is -2.24. The van der Waals surface area contributed by atoms with Gasteiger partial charge in [0, 0.05) is 0 Å². The third kappa shape index (κ3) is 0.997. The Bertz CT molecular complexity index is 327.